The van der Waals surface area contributed by atoms with Gasteiger partial charge in [0, 0.05) is 18.3 Å². The molecule has 0 bridgehead atoms. The van der Waals surface area contributed by atoms with Crippen molar-refractivity contribution in [2.24, 2.45) is 0 Å². The molecule has 3 aromatic rings. The first-order chi connectivity index (χ1) is 11.4. The number of aliphatic hydroxyl groups excluding tert-OH is 1. The van der Waals surface area contributed by atoms with Gasteiger partial charge in [-0.1, -0.05) is 12.1 Å². The van der Waals surface area contributed by atoms with Crippen LogP contribution in [-0.4, -0.2) is 29.8 Å². The number of imidazole rings is 1. The fourth-order valence-corrected chi connectivity index (χ4v) is 2.42. The van der Waals surface area contributed by atoms with E-state index >= 15 is 0 Å². The van der Waals surface area contributed by atoms with Crippen LogP contribution >= 0.6 is 0 Å². The summed E-state index contributed by atoms with van der Waals surface area (Å²) in [7, 11) is 0. The van der Waals surface area contributed by atoms with Crippen molar-refractivity contribution in [3.05, 3.63) is 59.7 Å². The lowest BCUT2D eigenvalue weighted by atomic mass is 10.1. The highest BCUT2D eigenvalue weighted by Gasteiger charge is 2.35. The number of aryl methyl sites for hydroxylation is 1. The van der Waals surface area contributed by atoms with Gasteiger partial charge in [-0.2, -0.15) is 18.3 Å². The van der Waals surface area contributed by atoms with E-state index in [1.165, 1.54) is 30.7 Å². The van der Waals surface area contributed by atoms with E-state index in [0.717, 1.165) is 10.7 Å². The molecule has 1 aromatic carbocycles. The summed E-state index contributed by atoms with van der Waals surface area (Å²) in [5.41, 5.74) is -0.382. The van der Waals surface area contributed by atoms with Crippen LogP contribution in [-0.2, 0) is 12.6 Å². The summed E-state index contributed by atoms with van der Waals surface area (Å²) in [6.07, 6.45) is -2.56. The van der Waals surface area contributed by atoms with Crippen LogP contribution in [0.5, 0.6) is 0 Å². The second-order valence-corrected chi connectivity index (χ2v) is 5.24. The molecule has 0 spiro atoms. The van der Waals surface area contributed by atoms with Gasteiger partial charge in [0.1, 0.15) is 11.9 Å². The molecular weight excluding hydrogens is 323 g/mol. The summed E-state index contributed by atoms with van der Waals surface area (Å²) in [4.78, 5) is 10.8. The molecule has 2 aromatic heterocycles. The first-order valence-electron chi connectivity index (χ1n) is 7.11. The van der Waals surface area contributed by atoms with E-state index in [4.69, 9.17) is 0 Å². The van der Waals surface area contributed by atoms with E-state index in [-0.39, 0.29) is 23.8 Å². The Morgan fingerprint density at radius 2 is 2.04 bits per heavy atom. The predicted octanol–water partition coefficient (Wildman–Crippen LogP) is 2.59. The number of benzene rings is 1. The molecule has 24 heavy (non-hydrogen) atoms. The maximum Gasteiger partial charge on any atom is 0.418 e. The summed E-state index contributed by atoms with van der Waals surface area (Å²) in [6.45, 7) is 1.55. The third-order valence-corrected chi connectivity index (χ3v) is 3.44. The predicted molar refractivity (Wildman–Crippen MR) is 78.3 cm³/mol. The Kier molecular flexibility index (Phi) is 4.10. The number of hydrogen-bond donors (Lipinski definition) is 2. The molecule has 0 saturated carbocycles. The average Bonchev–Trinajstić information content (AvgIpc) is 3.15. The third kappa shape index (κ3) is 3.16. The molecule has 126 valence electrons. The number of aliphatic hydroxyl groups is 1. The number of para-hydroxylation sites is 1. The van der Waals surface area contributed by atoms with Crippen molar-refractivity contribution in [3.63, 3.8) is 0 Å². The molecular formula is C15H14F3N5O. The lowest BCUT2D eigenvalue weighted by Crippen LogP contribution is -2.16. The van der Waals surface area contributed by atoms with E-state index < -0.39 is 17.8 Å². The lowest BCUT2D eigenvalue weighted by molar-refractivity contribution is -0.137. The third-order valence-electron chi connectivity index (χ3n) is 3.44. The number of rotatable bonds is 4. The summed E-state index contributed by atoms with van der Waals surface area (Å²) < 4.78 is 40.8. The lowest BCUT2D eigenvalue weighted by Gasteiger charge is -2.15. The Hall–Kier alpha value is -2.68. The Labute approximate surface area is 135 Å². The quantitative estimate of drug-likeness (QED) is 0.767. The van der Waals surface area contributed by atoms with Gasteiger partial charge in [-0.05, 0) is 19.1 Å². The van der Waals surface area contributed by atoms with Gasteiger partial charge in [-0.15, -0.1) is 0 Å². The van der Waals surface area contributed by atoms with Crippen LogP contribution in [0.1, 0.15) is 29.0 Å². The number of alkyl halides is 3. The fraction of sp³-hybridized carbons (Fsp3) is 0.267. The van der Waals surface area contributed by atoms with E-state index in [0.29, 0.717) is 5.69 Å². The van der Waals surface area contributed by atoms with Crippen molar-refractivity contribution in [3.8, 4) is 5.69 Å². The first kappa shape index (κ1) is 16.2. The highest BCUT2D eigenvalue weighted by Crippen LogP contribution is 2.34. The molecule has 0 saturated heterocycles. The molecule has 0 aliphatic heterocycles. The van der Waals surface area contributed by atoms with Crippen LogP contribution in [0, 0.1) is 6.92 Å². The molecule has 6 nitrogen and oxygen atoms in total. The zero-order valence-electron chi connectivity index (χ0n) is 12.6. The van der Waals surface area contributed by atoms with Crippen LogP contribution in [0.25, 0.3) is 5.69 Å². The van der Waals surface area contributed by atoms with Crippen LogP contribution in [0.15, 0.2) is 36.8 Å². The van der Waals surface area contributed by atoms with Crippen molar-refractivity contribution >= 4 is 0 Å². The van der Waals surface area contributed by atoms with Crippen molar-refractivity contribution in [2.45, 2.75) is 25.6 Å². The SMILES string of the molecule is Cc1nc([C@@H](O)Cc2cnc[nH]2)n(-c2ccccc2C(F)(F)F)n1. The van der Waals surface area contributed by atoms with Gasteiger partial charge in [0.2, 0.25) is 0 Å². The highest BCUT2D eigenvalue weighted by molar-refractivity contribution is 5.43. The largest absolute Gasteiger partial charge is 0.418 e. The normalized spacial score (nSPS) is 13.2. The number of nitrogens with zero attached hydrogens (tertiary/aromatic N) is 4. The molecule has 0 unspecified atom stereocenters. The van der Waals surface area contributed by atoms with Crippen molar-refractivity contribution in [1.82, 2.24) is 24.7 Å². The molecule has 0 aliphatic rings. The summed E-state index contributed by atoms with van der Waals surface area (Å²) in [5, 5.41) is 14.4. The summed E-state index contributed by atoms with van der Waals surface area (Å²) >= 11 is 0. The van der Waals surface area contributed by atoms with Crippen molar-refractivity contribution < 1.29 is 18.3 Å². The van der Waals surface area contributed by atoms with Gasteiger partial charge < -0.3 is 10.1 Å². The van der Waals surface area contributed by atoms with Gasteiger partial charge in [-0.25, -0.2) is 14.6 Å². The molecule has 2 N–H and O–H groups in total. The molecule has 0 radical (unpaired) electrons. The molecule has 3 rings (SSSR count). The zero-order valence-corrected chi connectivity index (χ0v) is 12.6. The Morgan fingerprint density at radius 1 is 1.29 bits per heavy atom. The number of halogens is 3. The minimum atomic E-state index is -4.54. The molecule has 2 heterocycles. The number of hydrogen-bond acceptors (Lipinski definition) is 4. The second-order valence-electron chi connectivity index (χ2n) is 5.24. The topological polar surface area (TPSA) is 79.6 Å². The number of aromatic nitrogens is 5. The van der Waals surface area contributed by atoms with Crippen LogP contribution in [0.4, 0.5) is 13.2 Å². The second kappa shape index (κ2) is 6.08. The van der Waals surface area contributed by atoms with Crippen LogP contribution in [0.2, 0.25) is 0 Å². The maximum atomic E-state index is 13.2. The molecule has 0 amide bonds. The minimum absolute atomic E-state index is 0.0406. The summed E-state index contributed by atoms with van der Waals surface area (Å²) in [6, 6.07) is 5.05. The fourth-order valence-electron chi connectivity index (χ4n) is 2.42. The van der Waals surface area contributed by atoms with E-state index in [1.807, 2.05) is 0 Å². The molecule has 0 aliphatic carbocycles. The zero-order chi connectivity index (χ0) is 17.3. The van der Waals surface area contributed by atoms with Gasteiger partial charge in [0.25, 0.3) is 0 Å². The van der Waals surface area contributed by atoms with Crippen molar-refractivity contribution in [2.75, 3.05) is 0 Å². The molecule has 1 atom stereocenters. The minimum Gasteiger partial charge on any atom is -0.385 e. The van der Waals surface area contributed by atoms with Gasteiger partial charge in [-0.3, -0.25) is 0 Å². The van der Waals surface area contributed by atoms with E-state index in [9.17, 15) is 18.3 Å². The van der Waals surface area contributed by atoms with Gasteiger partial charge in [0.05, 0.1) is 17.6 Å². The number of nitrogens with one attached hydrogen (secondary N) is 1. The van der Waals surface area contributed by atoms with Crippen molar-refractivity contribution in [1.29, 1.82) is 0 Å². The van der Waals surface area contributed by atoms with E-state index in [1.54, 1.807) is 6.92 Å². The Morgan fingerprint density at radius 3 is 2.71 bits per heavy atom. The Balaban J connectivity index is 2.04. The standard InChI is InChI=1S/C15H14F3N5O/c1-9-21-14(13(24)6-10-7-19-8-20-10)23(22-9)12-5-3-2-4-11(12)15(16,17)18/h2-5,7-8,13,24H,6H2,1H3,(H,19,20)/t13-/m0/s1. The average molecular weight is 337 g/mol. The maximum absolute atomic E-state index is 13.2. The van der Waals surface area contributed by atoms with E-state index in [2.05, 4.69) is 20.1 Å². The highest BCUT2D eigenvalue weighted by atomic mass is 19.4. The molecule has 9 heteroatoms. The van der Waals surface area contributed by atoms with Gasteiger partial charge in [0.15, 0.2) is 5.82 Å². The molecule has 0 fully saturated rings. The van der Waals surface area contributed by atoms with Crippen LogP contribution in [0.3, 0.4) is 0 Å². The monoisotopic (exact) mass is 337 g/mol. The smallest absolute Gasteiger partial charge is 0.385 e. The first-order valence-corrected chi connectivity index (χ1v) is 7.11. The number of H-pyrrole nitrogens is 1. The van der Waals surface area contributed by atoms with Crippen LogP contribution < -0.4 is 0 Å². The Bertz CT molecular complexity index is 826. The summed E-state index contributed by atoms with van der Waals surface area (Å²) in [5.74, 6) is 0.310. The number of aromatic amines is 1. The van der Waals surface area contributed by atoms with Gasteiger partial charge >= 0.3 is 6.18 Å².